The lowest BCUT2D eigenvalue weighted by molar-refractivity contribution is -0.145. The molecule has 8 heteroatoms. The Balaban J connectivity index is 2.31. The van der Waals surface area contributed by atoms with Gasteiger partial charge in [-0.05, 0) is 13.8 Å². The van der Waals surface area contributed by atoms with Gasteiger partial charge < -0.3 is 10.5 Å². The normalized spacial score (nSPS) is 18.2. The number of ether oxygens (including phenoxy) is 1. The van der Waals surface area contributed by atoms with Crippen molar-refractivity contribution in [2.45, 2.75) is 19.4 Å². The van der Waals surface area contributed by atoms with Crippen LogP contribution < -0.4 is 5.73 Å². The number of hydrogen-bond donors (Lipinski definition) is 1. The van der Waals surface area contributed by atoms with E-state index in [-0.39, 0.29) is 11.5 Å². The summed E-state index contributed by atoms with van der Waals surface area (Å²) in [5.74, 6) is -1.77. The molecule has 0 fully saturated rings. The lowest BCUT2D eigenvalue weighted by atomic mass is 10.1. The SMILES string of the molecule is CC1(C)OC(=O)C(F)=C1n1cnc2c(N)ncnc21. The van der Waals surface area contributed by atoms with E-state index in [1.54, 1.807) is 13.8 Å². The number of carbonyl (C=O) groups is 1. The molecule has 0 spiro atoms. The molecule has 0 saturated heterocycles. The number of esters is 1. The number of halogens is 1. The van der Waals surface area contributed by atoms with Gasteiger partial charge in [-0.3, -0.25) is 4.57 Å². The topological polar surface area (TPSA) is 95.9 Å². The Morgan fingerprint density at radius 2 is 2.11 bits per heavy atom. The predicted octanol–water partition coefficient (Wildman–Crippen LogP) is 0.882. The number of imidazole rings is 1. The van der Waals surface area contributed by atoms with E-state index in [4.69, 9.17) is 10.5 Å². The molecule has 3 rings (SSSR count). The third-order valence-electron chi connectivity index (χ3n) is 2.91. The number of nitrogens with two attached hydrogens (primary N) is 1. The van der Waals surface area contributed by atoms with Gasteiger partial charge in [0.1, 0.15) is 18.4 Å². The Labute approximate surface area is 106 Å². The van der Waals surface area contributed by atoms with Gasteiger partial charge in [0.15, 0.2) is 22.6 Å². The van der Waals surface area contributed by atoms with Crippen LogP contribution in [0, 0.1) is 0 Å². The van der Waals surface area contributed by atoms with Crippen molar-refractivity contribution in [1.29, 1.82) is 0 Å². The zero-order chi connectivity index (χ0) is 13.8. The van der Waals surface area contributed by atoms with E-state index in [2.05, 4.69) is 15.0 Å². The molecular weight excluding hydrogens is 253 g/mol. The van der Waals surface area contributed by atoms with Crippen molar-refractivity contribution in [3.63, 3.8) is 0 Å². The number of hydrogen-bond acceptors (Lipinski definition) is 6. The molecule has 0 aromatic carbocycles. The van der Waals surface area contributed by atoms with E-state index in [1.165, 1.54) is 17.2 Å². The van der Waals surface area contributed by atoms with E-state index in [1.807, 2.05) is 0 Å². The second-order valence-corrected chi connectivity index (χ2v) is 4.61. The van der Waals surface area contributed by atoms with Gasteiger partial charge >= 0.3 is 5.97 Å². The van der Waals surface area contributed by atoms with Crippen LogP contribution in [0.3, 0.4) is 0 Å². The lowest BCUT2D eigenvalue weighted by Gasteiger charge is -2.21. The average Bonchev–Trinajstić information content (AvgIpc) is 2.81. The first-order valence-corrected chi connectivity index (χ1v) is 5.49. The van der Waals surface area contributed by atoms with Crippen molar-refractivity contribution in [2.24, 2.45) is 0 Å². The molecule has 0 atom stereocenters. The molecule has 0 saturated carbocycles. The van der Waals surface area contributed by atoms with E-state index in [0.29, 0.717) is 11.2 Å². The number of nitrogen functional groups attached to an aromatic ring is 1. The van der Waals surface area contributed by atoms with Crippen LogP contribution in [0.25, 0.3) is 16.9 Å². The van der Waals surface area contributed by atoms with Crippen molar-refractivity contribution in [1.82, 2.24) is 19.5 Å². The number of cyclic esters (lactones) is 1. The van der Waals surface area contributed by atoms with Gasteiger partial charge in [0.25, 0.3) is 0 Å². The van der Waals surface area contributed by atoms with Crippen LogP contribution >= 0.6 is 0 Å². The number of carbonyl (C=O) groups excluding carboxylic acids is 1. The first-order valence-electron chi connectivity index (χ1n) is 5.49. The minimum atomic E-state index is -1.10. The average molecular weight is 263 g/mol. The Kier molecular flexibility index (Phi) is 2.13. The molecular formula is C11H10FN5O2. The summed E-state index contributed by atoms with van der Waals surface area (Å²) in [7, 11) is 0. The predicted molar refractivity (Wildman–Crippen MR) is 64.2 cm³/mol. The summed E-state index contributed by atoms with van der Waals surface area (Å²) in [6.07, 6.45) is 2.59. The van der Waals surface area contributed by atoms with Crippen LogP contribution in [0.15, 0.2) is 18.5 Å². The van der Waals surface area contributed by atoms with Crippen molar-refractivity contribution in [3.8, 4) is 0 Å². The van der Waals surface area contributed by atoms with Gasteiger partial charge in [0, 0.05) is 0 Å². The van der Waals surface area contributed by atoms with Crippen molar-refractivity contribution in [3.05, 3.63) is 18.5 Å². The van der Waals surface area contributed by atoms with Gasteiger partial charge in [0.2, 0.25) is 5.83 Å². The summed E-state index contributed by atoms with van der Waals surface area (Å²) in [4.78, 5) is 23.2. The third kappa shape index (κ3) is 1.49. The molecule has 7 nitrogen and oxygen atoms in total. The molecule has 0 amide bonds. The Hall–Kier alpha value is -2.51. The molecule has 98 valence electrons. The number of fused-ring (bicyclic) bond motifs is 1. The van der Waals surface area contributed by atoms with Crippen LogP contribution in [-0.4, -0.2) is 31.1 Å². The van der Waals surface area contributed by atoms with Crippen LogP contribution in [0.5, 0.6) is 0 Å². The molecule has 19 heavy (non-hydrogen) atoms. The fraction of sp³-hybridized carbons (Fsp3) is 0.273. The summed E-state index contributed by atoms with van der Waals surface area (Å²) in [5, 5.41) is 0. The van der Waals surface area contributed by atoms with Gasteiger partial charge in [-0.25, -0.2) is 19.7 Å². The monoisotopic (exact) mass is 263 g/mol. The zero-order valence-corrected chi connectivity index (χ0v) is 10.2. The summed E-state index contributed by atoms with van der Waals surface area (Å²) in [6, 6.07) is 0. The van der Waals surface area contributed by atoms with Crippen molar-refractivity contribution >= 4 is 28.6 Å². The smallest absolute Gasteiger partial charge is 0.370 e. The van der Waals surface area contributed by atoms with E-state index < -0.39 is 17.4 Å². The molecule has 0 radical (unpaired) electrons. The second-order valence-electron chi connectivity index (χ2n) is 4.61. The highest BCUT2D eigenvalue weighted by molar-refractivity contribution is 5.99. The van der Waals surface area contributed by atoms with Gasteiger partial charge in [-0.1, -0.05) is 0 Å². The van der Waals surface area contributed by atoms with Crippen LogP contribution in [0.2, 0.25) is 0 Å². The van der Waals surface area contributed by atoms with Gasteiger partial charge in [-0.15, -0.1) is 0 Å². The lowest BCUT2D eigenvalue weighted by Crippen LogP contribution is -2.25. The number of aromatic nitrogens is 4. The fourth-order valence-corrected chi connectivity index (χ4v) is 2.10. The number of nitrogens with zero attached hydrogens (tertiary/aromatic N) is 4. The molecule has 0 bridgehead atoms. The molecule has 2 aromatic rings. The quantitative estimate of drug-likeness (QED) is 0.767. The summed E-state index contributed by atoms with van der Waals surface area (Å²) >= 11 is 0. The minimum absolute atomic E-state index is 0.0538. The Bertz CT molecular complexity index is 734. The zero-order valence-electron chi connectivity index (χ0n) is 10.2. The fourth-order valence-electron chi connectivity index (χ4n) is 2.10. The van der Waals surface area contributed by atoms with Gasteiger partial charge in [-0.2, -0.15) is 4.39 Å². The highest BCUT2D eigenvalue weighted by Gasteiger charge is 2.43. The summed E-state index contributed by atoms with van der Waals surface area (Å²) in [5.41, 5.74) is 5.28. The summed E-state index contributed by atoms with van der Waals surface area (Å²) < 4.78 is 20.3. The molecule has 3 heterocycles. The second kappa shape index (κ2) is 3.50. The minimum Gasteiger partial charge on any atom is -0.448 e. The van der Waals surface area contributed by atoms with E-state index in [9.17, 15) is 9.18 Å². The largest absolute Gasteiger partial charge is 0.448 e. The highest BCUT2D eigenvalue weighted by atomic mass is 19.1. The Morgan fingerprint density at radius 1 is 1.37 bits per heavy atom. The maximum atomic E-state index is 14.0. The maximum absolute atomic E-state index is 14.0. The number of rotatable bonds is 1. The first kappa shape index (κ1) is 11.6. The third-order valence-corrected chi connectivity index (χ3v) is 2.91. The first-order chi connectivity index (χ1) is 8.92. The molecule has 2 N–H and O–H groups in total. The molecule has 0 unspecified atom stereocenters. The van der Waals surface area contributed by atoms with Gasteiger partial charge in [0.05, 0.1) is 0 Å². The van der Waals surface area contributed by atoms with E-state index in [0.717, 1.165) is 0 Å². The maximum Gasteiger partial charge on any atom is 0.370 e. The van der Waals surface area contributed by atoms with E-state index >= 15 is 0 Å². The van der Waals surface area contributed by atoms with Crippen LogP contribution in [-0.2, 0) is 9.53 Å². The molecule has 0 aliphatic carbocycles. The van der Waals surface area contributed by atoms with Crippen LogP contribution in [0.1, 0.15) is 13.8 Å². The highest BCUT2D eigenvalue weighted by Crippen LogP contribution is 2.37. The van der Waals surface area contributed by atoms with Crippen molar-refractivity contribution < 1.29 is 13.9 Å². The summed E-state index contributed by atoms with van der Waals surface area (Å²) in [6.45, 7) is 3.17. The number of anilines is 1. The standard InChI is InChI=1S/C11H10FN5O2/c1-11(2)7(5(12)10(18)19-11)17-4-16-6-8(13)14-3-15-9(6)17/h3-4H,1-2H3,(H2,13,14,15). The molecule has 1 aliphatic heterocycles. The molecule has 2 aromatic heterocycles. The van der Waals surface area contributed by atoms with Crippen LogP contribution in [0.4, 0.5) is 10.2 Å². The Morgan fingerprint density at radius 3 is 2.74 bits per heavy atom. The van der Waals surface area contributed by atoms with Crippen molar-refractivity contribution in [2.75, 3.05) is 5.73 Å². The molecule has 1 aliphatic rings.